The molecule has 0 fully saturated rings. The molecule has 0 aromatic rings. The summed E-state index contributed by atoms with van der Waals surface area (Å²) in [6, 6.07) is 0. The van der Waals surface area contributed by atoms with Crippen LogP contribution >= 0.6 is 0 Å². The van der Waals surface area contributed by atoms with E-state index in [1.54, 1.807) is 6.92 Å². The van der Waals surface area contributed by atoms with Crippen molar-refractivity contribution in [1.82, 2.24) is 0 Å². The van der Waals surface area contributed by atoms with Crippen molar-refractivity contribution in [2.24, 2.45) is 0 Å². The SMILES string of the molecule is C#CC.CC.CCC. The smallest absolute Gasteiger partial charge is 0.00297 e. The zero-order valence-corrected chi connectivity index (χ0v) is 6.78. The molecule has 50 valence electrons. The summed E-state index contributed by atoms with van der Waals surface area (Å²) < 4.78 is 0. The lowest BCUT2D eigenvalue weighted by Crippen LogP contribution is -1.27. The van der Waals surface area contributed by atoms with Crippen LogP contribution in [0.3, 0.4) is 0 Å². The zero-order chi connectivity index (χ0) is 7.41. The first-order chi connectivity index (χ1) is 3.83. The molecule has 0 N–H and O–H groups in total. The maximum Gasteiger partial charge on any atom is -0.00297 e. The Morgan fingerprint density at radius 3 is 1.25 bits per heavy atom. The first-order valence-corrected chi connectivity index (χ1v) is 3.20. The second-order valence-electron chi connectivity index (χ2n) is 0.996. The van der Waals surface area contributed by atoms with Crippen LogP contribution in [0.4, 0.5) is 0 Å². The van der Waals surface area contributed by atoms with Gasteiger partial charge in [-0.25, -0.2) is 0 Å². The molecule has 0 radical (unpaired) electrons. The fourth-order valence-corrected chi connectivity index (χ4v) is 0. The van der Waals surface area contributed by atoms with Gasteiger partial charge >= 0.3 is 0 Å². The van der Waals surface area contributed by atoms with E-state index in [-0.39, 0.29) is 0 Å². The second-order valence-corrected chi connectivity index (χ2v) is 0.996. The van der Waals surface area contributed by atoms with E-state index in [2.05, 4.69) is 26.2 Å². The Labute approximate surface area is 54.3 Å². The summed E-state index contributed by atoms with van der Waals surface area (Å²) in [5.74, 6) is 2.25. The van der Waals surface area contributed by atoms with Crippen molar-refractivity contribution in [2.45, 2.75) is 41.0 Å². The van der Waals surface area contributed by atoms with Gasteiger partial charge in [0, 0.05) is 0 Å². The molecule has 0 unspecified atom stereocenters. The van der Waals surface area contributed by atoms with Crippen LogP contribution < -0.4 is 0 Å². The highest BCUT2D eigenvalue weighted by Crippen LogP contribution is 1.56. The molecule has 0 heteroatoms. The maximum absolute atomic E-state index is 4.60. The zero-order valence-electron chi connectivity index (χ0n) is 6.78. The third kappa shape index (κ3) is 597. The molecule has 0 heterocycles. The van der Waals surface area contributed by atoms with E-state index in [0.29, 0.717) is 0 Å². The normalized spacial score (nSPS) is 4.00. The number of hydrogen-bond acceptors (Lipinski definition) is 0. The average Bonchev–Trinajstić information content (AvgIpc) is 1.75. The Hall–Kier alpha value is -0.440. The summed E-state index contributed by atoms with van der Waals surface area (Å²) in [4.78, 5) is 0. The largest absolute Gasteiger partial charge is 0.120 e. The van der Waals surface area contributed by atoms with Crippen molar-refractivity contribution in [1.29, 1.82) is 0 Å². The molecule has 0 aliphatic heterocycles. The fourth-order valence-electron chi connectivity index (χ4n) is 0. The first kappa shape index (κ1) is 15.6. The molecule has 8 heavy (non-hydrogen) atoms. The minimum absolute atomic E-state index is 1.25. The van der Waals surface area contributed by atoms with Gasteiger partial charge in [-0.15, -0.1) is 12.3 Å². The van der Waals surface area contributed by atoms with E-state index in [1.807, 2.05) is 13.8 Å². The quantitative estimate of drug-likeness (QED) is 0.424. The minimum Gasteiger partial charge on any atom is -0.120 e. The highest BCUT2D eigenvalue weighted by Gasteiger charge is 1.35. The van der Waals surface area contributed by atoms with Crippen LogP contribution in [0, 0.1) is 12.3 Å². The molecule has 0 rings (SSSR count). The monoisotopic (exact) mass is 114 g/mol. The van der Waals surface area contributed by atoms with Gasteiger partial charge in [-0.2, -0.15) is 0 Å². The molecular weight excluding hydrogens is 96.1 g/mol. The van der Waals surface area contributed by atoms with Gasteiger partial charge in [0.05, 0.1) is 0 Å². The molecule has 0 spiro atoms. The maximum atomic E-state index is 4.60. The highest BCUT2D eigenvalue weighted by atomic mass is 13.4. The number of terminal acetylenes is 1. The van der Waals surface area contributed by atoms with Crippen LogP contribution in [0.25, 0.3) is 0 Å². The van der Waals surface area contributed by atoms with Crippen LogP contribution in [0.15, 0.2) is 0 Å². The van der Waals surface area contributed by atoms with E-state index >= 15 is 0 Å². The van der Waals surface area contributed by atoms with Crippen molar-refractivity contribution >= 4 is 0 Å². The summed E-state index contributed by atoms with van der Waals surface area (Å²) in [5.41, 5.74) is 0. The van der Waals surface area contributed by atoms with Crippen molar-refractivity contribution in [3.05, 3.63) is 0 Å². The molecule has 0 bridgehead atoms. The van der Waals surface area contributed by atoms with Crippen molar-refractivity contribution < 1.29 is 0 Å². The predicted octanol–water partition coefficient (Wildman–Crippen LogP) is 3.08. The third-order valence-corrected chi connectivity index (χ3v) is 0. The lowest BCUT2D eigenvalue weighted by atomic mass is 10.6. The van der Waals surface area contributed by atoms with Crippen molar-refractivity contribution in [3.8, 4) is 12.3 Å². The van der Waals surface area contributed by atoms with Crippen LogP contribution in [0.1, 0.15) is 41.0 Å². The lowest BCUT2D eigenvalue weighted by molar-refractivity contribution is 1.09. The van der Waals surface area contributed by atoms with Gasteiger partial charge in [-0.3, -0.25) is 0 Å². The van der Waals surface area contributed by atoms with Gasteiger partial charge in [0.25, 0.3) is 0 Å². The summed E-state index contributed by atoms with van der Waals surface area (Å²) in [6.45, 7) is 9.90. The Balaban J connectivity index is -0.0000000483. The molecule has 0 saturated carbocycles. The van der Waals surface area contributed by atoms with Gasteiger partial charge in [0.1, 0.15) is 0 Å². The van der Waals surface area contributed by atoms with Crippen LogP contribution in [-0.2, 0) is 0 Å². The molecular formula is C8H18. The predicted molar refractivity (Wildman–Crippen MR) is 41.8 cm³/mol. The van der Waals surface area contributed by atoms with E-state index in [1.165, 1.54) is 6.42 Å². The van der Waals surface area contributed by atoms with E-state index in [9.17, 15) is 0 Å². The van der Waals surface area contributed by atoms with Gasteiger partial charge in [0.2, 0.25) is 0 Å². The van der Waals surface area contributed by atoms with E-state index in [0.717, 1.165) is 0 Å². The summed E-state index contributed by atoms with van der Waals surface area (Å²) in [5, 5.41) is 0. The average molecular weight is 114 g/mol. The van der Waals surface area contributed by atoms with Gasteiger partial charge in [-0.1, -0.05) is 34.1 Å². The second kappa shape index (κ2) is 83.3. The summed E-state index contributed by atoms with van der Waals surface area (Å²) >= 11 is 0. The minimum atomic E-state index is 1.25. The van der Waals surface area contributed by atoms with Gasteiger partial charge < -0.3 is 0 Å². The number of hydrogen-bond donors (Lipinski definition) is 0. The number of rotatable bonds is 0. The first-order valence-electron chi connectivity index (χ1n) is 3.20. The molecule has 0 saturated heterocycles. The Kier molecular flexibility index (Phi) is 163. The molecule has 0 aliphatic rings. The fraction of sp³-hybridized carbons (Fsp3) is 0.750. The van der Waals surface area contributed by atoms with Gasteiger partial charge in [-0.05, 0) is 6.92 Å². The Morgan fingerprint density at radius 1 is 1.25 bits per heavy atom. The molecule has 0 aromatic heterocycles. The topological polar surface area (TPSA) is 0 Å². The van der Waals surface area contributed by atoms with Crippen LogP contribution in [0.5, 0.6) is 0 Å². The van der Waals surface area contributed by atoms with Crippen LogP contribution in [0.2, 0.25) is 0 Å². The molecule has 0 aliphatic carbocycles. The molecule has 0 atom stereocenters. The Bertz CT molecular complexity index is 29.8. The molecule has 0 aromatic carbocycles. The summed E-state index contributed by atoms with van der Waals surface area (Å²) in [6.07, 6.45) is 5.85. The lowest BCUT2D eigenvalue weighted by Gasteiger charge is -1.48. The van der Waals surface area contributed by atoms with Gasteiger partial charge in [0.15, 0.2) is 0 Å². The summed E-state index contributed by atoms with van der Waals surface area (Å²) in [7, 11) is 0. The molecule has 0 amide bonds. The van der Waals surface area contributed by atoms with E-state index < -0.39 is 0 Å². The van der Waals surface area contributed by atoms with Crippen LogP contribution in [-0.4, -0.2) is 0 Å². The van der Waals surface area contributed by atoms with Crippen molar-refractivity contribution in [3.63, 3.8) is 0 Å². The Morgan fingerprint density at radius 2 is 1.25 bits per heavy atom. The molecule has 0 nitrogen and oxygen atoms in total. The highest BCUT2D eigenvalue weighted by molar-refractivity contribution is 4.73. The third-order valence-electron chi connectivity index (χ3n) is 0. The standard InChI is InChI=1S/C3H8.C3H4.C2H6/c2*1-3-2;1-2/h3H2,1-2H3;1H,2H3;1-2H3. The van der Waals surface area contributed by atoms with Crippen molar-refractivity contribution in [2.75, 3.05) is 0 Å². The van der Waals surface area contributed by atoms with E-state index in [4.69, 9.17) is 0 Å².